The summed E-state index contributed by atoms with van der Waals surface area (Å²) in [6, 6.07) is 0. The lowest BCUT2D eigenvalue weighted by molar-refractivity contribution is 0.556. The van der Waals surface area contributed by atoms with Crippen molar-refractivity contribution in [3.05, 3.63) is 32.9 Å². The van der Waals surface area contributed by atoms with E-state index in [4.69, 9.17) is 5.73 Å². The molecule has 1 aromatic rings. The number of rotatable bonds is 1. The zero-order valence-electron chi connectivity index (χ0n) is 5.50. The molecule has 0 bridgehead atoms. The summed E-state index contributed by atoms with van der Waals surface area (Å²) in [5.41, 5.74) is 3.31. The molecule has 0 aliphatic heterocycles. The molecule has 60 valence electrons. The van der Waals surface area contributed by atoms with Crippen LogP contribution in [0.3, 0.4) is 0 Å². The van der Waals surface area contributed by atoms with Crippen LogP contribution in [0.4, 0.5) is 4.39 Å². The number of hydrogen-bond acceptors (Lipinski definition) is 3. The molecule has 11 heavy (non-hydrogen) atoms. The molecule has 5 nitrogen and oxygen atoms in total. The Bertz CT molecular complexity index is 367. The van der Waals surface area contributed by atoms with Gasteiger partial charge in [0, 0.05) is 0 Å². The van der Waals surface area contributed by atoms with Gasteiger partial charge in [0.1, 0.15) is 0 Å². The van der Waals surface area contributed by atoms with E-state index in [2.05, 4.69) is 0 Å². The maximum Gasteiger partial charge on any atom is 0.329 e. The number of hydrogen-bond donors (Lipinski definition) is 2. The summed E-state index contributed by atoms with van der Waals surface area (Å²) >= 11 is 0. The third kappa shape index (κ3) is 1.35. The van der Waals surface area contributed by atoms with Gasteiger partial charge in [-0.25, -0.2) is 4.79 Å². The van der Waals surface area contributed by atoms with Crippen molar-refractivity contribution < 1.29 is 4.39 Å². The van der Waals surface area contributed by atoms with Crippen molar-refractivity contribution in [1.82, 2.24) is 9.55 Å². The Morgan fingerprint density at radius 2 is 2.27 bits per heavy atom. The molecular formula is C5H6FN3O2. The normalized spacial score (nSPS) is 10.0. The molecule has 1 aromatic heterocycles. The molecule has 0 atom stereocenters. The SMILES string of the molecule is NCn1cc(F)c(=O)[nH]c1=O. The first kappa shape index (κ1) is 7.67. The Hall–Kier alpha value is -1.43. The highest BCUT2D eigenvalue weighted by molar-refractivity contribution is 4.86. The van der Waals surface area contributed by atoms with Crippen LogP contribution in [0.2, 0.25) is 0 Å². The zero-order chi connectivity index (χ0) is 8.43. The monoisotopic (exact) mass is 159 g/mol. The van der Waals surface area contributed by atoms with E-state index in [1.54, 1.807) is 4.98 Å². The fourth-order valence-corrected chi connectivity index (χ4v) is 0.618. The number of nitrogens with two attached hydrogens (primary N) is 1. The van der Waals surface area contributed by atoms with Crippen LogP contribution in [0.5, 0.6) is 0 Å². The van der Waals surface area contributed by atoms with E-state index < -0.39 is 17.1 Å². The molecule has 0 saturated carbocycles. The van der Waals surface area contributed by atoms with Crippen molar-refractivity contribution in [3.63, 3.8) is 0 Å². The van der Waals surface area contributed by atoms with Crippen molar-refractivity contribution in [3.8, 4) is 0 Å². The number of halogens is 1. The topological polar surface area (TPSA) is 80.9 Å². The van der Waals surface area contributed by atoms with E-state index in [0.29, 0.717) is 0 Å². The molecule has 0 unspecified atom stereocenters. The van der Waals surface area contributed by atoms with Crippen molar-refractivity contribution in [1.29, 1.82) is 0 Å². The van der Waals surface area contributed by atoms with Crippen LogP contribution in [-0.4, -0.2) is 9.55 Å². The van der Waals surface area contributed by atoms with Crippen LogP contribution < -0.4 is 17.0 Å². The number of nitrogens with one attached hydrogen (secondary N) is 1. The number of aromatic amines is 1. The second-order valence-electron chi connectivity index (χ2n) is 1.89. The highest BCUT2D eigenvalue weighted by Gasteiger charge is 2.00. The molecule has 3 N–H and O–H groups in total. The molecule has 0 radical (unpaired) electrons. The standard InChI is InChI=1S/C5H6FN3O2/c6-3-1-9(2-7)5(11)8-4(3)10/h1H,2,7H2,(H,8,10,11). The highest BCUT2D eigenvalue weighted by Crippen LogP contribution is 1.80. The second-order valence-corrected chi connectivity index (χ2v) is 1.89. The van der Waals surface area contributed by atoms with Crippen molar-refractivity contribution >= 4 is 0 Å². The Morgan fingerprint density at radius 3 is 2.82 bits per heavy atom. The minimum atomic E-state index is -1.03. The average Bonchev–Trinajstić information content (AvgIpc) is 1.97. The number of nitrogens with zero attached hydrogens (tertiary/aromatic N) is 1. The van der Waals surface area contributed by atoms with E-state index in [9.17, 15) is 14.0 Å². The summed E-state index contributed by atoms with van der Waals surface area (Å²) in [7, 11) is 0. The lowest BCUT2D eigenvalue weighted by Crippen LogP contribution is -2.33. The van der Waals surface area contributed by atoms with E-state index >= 15 is 0 Å². The maximum atomic E-state index is 12.4. The van der Waals surface area contributed by atoms with Gasteiger partial charge in [0.25, 0.3) is 5.56 Å². The predicted molar refractivity (Wildman–Crippen MR) is 35.5 cm³/mol. The van der Waals surface area contributed by atoms with E-state index in [-0.39, 0.29) is 6.67 Å². The van der Waals surface area contributed by atoms with Crippen molar-refractivity contribution in [2.75, 3.05) is 0 Å². The maximum absolute atomic E-state index is 12.4. The van der Waals surface area contributed by atoms with Gasteiger partial charge in [-0.05, 0) is 0 Å². The average molecular weight is 159 g/mol. The molecule has 0 aliphatic rings. The molecule has 1 rings (SSSR count). The molecule has 0 amide bonds. The molecule has 6 heteroatoms. The van der Waals surface area contributed by atoms with Gasteiger partial charge in [0.2, 0.25) is 5.82 Å². The molecule has 0 aromatic carbocycles. The predicted octanol–water partition coefficient (Wildman–Crippen LogP) is -1.41. The van der Waals surface area contributed by atoms with Crippen LogP contribution in [0.25, 0.3) is 0 Å². The van der Waals surface area contributed by atoms with Crippen LogP contribution in [0, 0.1) is 5.82 Å². The van der Waals surface area contributed by atoms with E-state index in [1.165, 1.54) is 0 Å². The van der Waals surface area contributed by atoms with Gasteiger partial charge in [0.05, 0.1) is 12.9 Å². The third-order valence-corrected chi connectivity index (χ3v) is 1.16. The Balaban J connectivity index is 3.45. The Labute approximate surface area is 60.3 Å². The van der Waals surface area contributed by atoms with Gasteiger partial charge < -0.3 is 5.73 Å². The highest BCUT2D eigenvalue weighted by atomic mass is 19.1. The zero-order valence-corrected chi connectivity index (χ0v) is 5.50. The summed E-state index contributed by atoms with van der Waals surface area (Å²) in [6.07, 6.45) is 0.765. The fraction of sp³-hybridized carbons (Fsp3) is 0.200. The minimum absolute atomic E-state index is 0.160. The molecule has 0 aliphatic carbocycles. The van der Waals surface area contributed by atoms with Crippen LogP contribution in [0.1, 0.15) is 0 Å². The molecular weight excluding hydrogens is 153 g/mol. The lowest BCUT2D eigenvalue weighted by Gasteiger charge is -1.97. The van der Waals surface area contributed by atoms with Gasteiger partial charge in [-0.1, -0.05) is 0 Å². The van der Waals surface area contributed by atoms with E-state index in [0.717, 1.165) is 10.8 Å². The summed E-state index contributed by atoms with van der Waals surface area (Å²) < 4.78 is 13.2. The van der Waals surface area contributed by atoms with Gasteiger partial charge in [-0.2, -0.15) is 4.39 Å². The number of H-pyrrole nitrogens is 1. The Morgan fingerprint density at radius 1 is 1.64 bits per heavy atom. The molecule has 0 fully saturated rings. The van der Waals surface area contributed by atoms with Crippen molar-refractivity contribution in [2.24, 2.45) is 5.73 Å². The first-order chi connectivity index (χ1) is 5.15. The lowest BCUT2D eigenvalue weighted by atomic mass is 10.6. The minimum Gasteiger partial charge on any atom is -0.313 e. The third-order valence-electron chi connectivity index (χ3n) is 1.16. The van der Waals surface area contributed by atoms with E-state index in [1.807, 2.05) is 0 Å². The molecule has 0 spiro atoms. The molecule has 1 heterocycles. The molecule has 0 saturated heterocycles. The largest absolute Gasteiger partial charge is 0.329 e. The number of aromatic nitrogens is 2. The van der Waals surface area contributed by atoms with Gasteiger partial charge in [-0.15, -0.1) is 0 Å². The fourth-order valence-electron chi connectivity index (χ4n) is 0.618. The van der Waals surface area contributed by atoms with Crippen LogP contribution >= 0.6 is 0 Å². The Kier molecular flexibility index (Phi) is 1.86. The summed E-state index contributed by atoms with van der Waals surface area (Å²) in [4.78, 5) is 22.9. The van der Waals surface area contributed by atoms with Gasteiger partial charge in [-0.3, -0.25) is 14.3 Å². The first-order valence-corrected chi connectivity index (χ1v) is 2.84. The summed E-state index contributed by atoms with van der Waals surface area (Å²) in [5, 5.41) is 0. The summed E-state index contributed by atoms with van der Waals surface area (Å²) in [5.74, 6) is -1.02. The van der Waals surface area contributed by atoms with Crippen LogP contribution in [-0.2, 0) is 6.67 Å². The first-order valence-electron chi connectivity index (χ1n) is 2.84. The van der Waals surface area contributed by atoms with Crippen LogP contribution in [0.15, 0.2) is 15.8 Å². The smallest absolute Gasteiger partial charge is 0.313 e. The van der Waals surface area contributed by atoms with Crippen molar-refractivity contribution in [2.45, 2.75) is 6.67 Å². The van der Waals surface area contributed by atoms with Gasteiger partial charge in [0.15, 0.2) is 0 Å². The summed E-state index contributed by atoms with van der Waals surface area (Å²) in [6.45, 7) is -0.160. The van der Waals surface area contributed by atoms with Gasteiger partial charge >= 0.3 is 5.69 Å². The quantitative estimate of drug-likeness (QED) is 0.528. The second kappa shape index (κ2) is 2.67.